The molecule has 1 saturated carbocycles. The van der Waals surface area contributed by atoms with E-state index in [4.69, 9.17) is 11.0 Å². The molecule has 1 aromatic heterocycles. The molecule has 4 rings (SSSR count). The Morgan fingerprint density at radius 2 is 1.95 bits per heavy atom. The number of likely N-dealkylation sites (tertiary alicyclic amines) is 1. The molecule has 0 aromatic carbocycles. The molecule has 3 fully saturated rings. The highest BCUT2D eigenvalue weighted by molar-refractivity contribution is 5.97. The summed E-state index contributed by atoms with van der Waals surface area (Å²) in [5, 5.41) is 16.7. The number of nitrogens with zero attached hydrogens (tertiary/aromatic N) is 3. The largest absolute Gasteiger partial charge is 0.452 e. The molecule has 2 aliphatic heterocycles. The first kappa shape index (κ1) is 31.9. The average molecular weight is 583 g/mol. The number of carbonyl (C=O) groups excluding carboxylic acids is 4. The van der Waals surface area contributed by atoms with Crippen LogP contribution in [0.1, 0.15) is 82.0 Å². The number of hydrogen-bond acceptors (Lipinski definition) is 7. The zero-order valence-electron chi connectivity index (χ0n) is 23.4. The lowest BCUT2D eigenvalue weighted by molar-refractivity contribution is -0.155. The van der Waals surface area contributed by atoms with Crippen LogP contribution in [0.15, 0.2) is 10.6 Å². The van der Waals surface area contributed by atoms with E-state index in [1.54, 1.807) is 20.8 Å². The van der Waals surface area contributed by atoms with E-state index in [0.29, 0.717) is 19.0 Å². The predicted molar refractivity (Wildman–Crippen MR) is 138 cm³/mol. The van der Waals surface area contributed by atoms with Gasteiger partial charge in [0.05, 0.1) is 6.07 Å². The molecular weight excluding hydrogens is 545 g/mol. The number of aromatic nitrogens is 1. The number of alkyl halides is 3. The quantitative estimate of drug-likeness (QED) is 0.463. The third kappa shape index (κ3) is 7.77. The van der Waals surface area contributed by atoms with E-state index in [0.717, 1.165) is 45.1 Å². The molecular formula is C27H37F3N6O5. The molecule has 0 radical (unpaired) electrons. The maximum Gasteiger partial charge on any atom is 0.452 e. The molecule has 5 atom stereocenters. The number of nitriles is 1. The summed E-state index contributed by atoms with van der Waals surface area (Å²) in [5.41, 5.74) is 4.20. The second-order valence-electron chi connectivity index (χ2n) is 11.9. The van der Waals surface area contributed by atoms with Crippen LogP contribution in [-0.4, -0.2) is 58.9 Å². The third-order valence-electron chi connectivity index (χ3n) is 7.88. The summed E-state index contributed by atoms with van der Waals surface area (Å²) in [5.74, 6) is -3.07. The highest BCUT2D eigenvalue weighted by atomic mass is 19.4. The summed E-state index contributed by atoms with van der Waals surface area (Å²) in [7, 11) is 0. The third-order valence-corrected chi connectivity index (χ3v) is 7.88. The Bertz CT molecular complexity index is 1170. The Morgan fingerprint density at radius 1 is 1.24 bits per heavy atom. The molecule has 4 amide bonds. The van der Waals surface area contributed by atoms with Crippen LogP contribution >= 0.6 is 0 Å². The van der Waals surface area contributed by atoms with Crippen molar-refractivity contribution < 1.29 is 36.9 Å². The fraction of sp³-hybridized carbons (Fsp3) is 0.704. The van der Waals surface area contributed by atoms with E-state index in [9.17, 15) is 32.3 Å². The van der Waals surface area contributed by atoms with Gasteiger partial charge < -0.3 is 25.8 Å². The molecule has 41 heavy (non-hydrogen) atoms. The molecule has 14 heteroatoms. The average Bonchev–Trinajstić information content (AvgIpc) is 3.62. The number of primary amides is 1. The van der Waals surface area contributed by atoms with Gasteiger partial charge in [-0.05, 0) is 49.4 Å². The second kappa shape index (κ2) is 12.9. The molecule has 1 aromatic rings. The summed E-state index contributed by atoms with van der Waals surface area (Å²) in [6, 6.07) is 0.679. The van der Waals surface area contributed by atoms with Gasteiger partial charge in [0.25, 0.3) is 5.91 Å². The van der Waals surface area contributed by atoms with Gasteiger partial charge in [-0.25, -0.2) is 0 Å². The fourth-order valence-electron chi connectivity index (χ4n) is 5.78. The number of piperidine rings is 1. The van der Waals surface area contributed by atoms with E-state index < -0.39 is 52.9 Å². The molecule has 5 unspecified atom stereocenters. The molecule has 226 valence electrons. The molecule has 11 nitrogen and oxygen atoms in total. The molecule has 0 bridgehead atoms. The molecule has 3 heterocycles. The van der Waals surface area contributed by atoms with Crippen LogP contribution in [0.4, 0.5) is 13.2 Å². The first-order chi connectivity index (χ1) is 19.1. The molecule has 0 spiro atoms. The Morgan fingerprint density at radius 3 is 2.51 bits per heavy atom. The van der Waals surface area contributed by atoms with Crippen LogP contribution in [0.3, 0.4) is 0 Å². The monoisotopic (exact) mass is 582 g/mol. The van der Waals surface area contributed by atoms with Crippen molar-refractivity contribution in [1.82, 2.24) is 20.7 Å². The smallest absolute Gasteiger partial charge is 0.368 e. The van der Waals surface area contributed by atoms with Crippen LogP contribution in [0.2, 0.25) is 0 Å². The van der Waals surface area contributed by atoms with Gasteiger partial charge in [-0.2, -0.15) is 18.4 Å². The lowest BCUT2D eigenvalue weighted by atomic mass is 9.85. The SMILES string of the molecule is CC(C)(C)C(NC(=O)c1cc(C(F)(F)F)on1)C(=O)N1CC2CCCC2C1C(N)=O.N#CCCC1CCCNC1=O. The first-order valence-electron chi connectivity index (χ1n) is 13.7. The molecule has 3 aliphatic rings. The highest BCUT2D eigenvalue weighted by Gasteiger charge is 2.51. The van der Waals surface area contributed by atoms with Crippen molar-refractivity contribution in [2.24, 2.45) is 28.9 Å². The van der Waals surface area contributed by atoms with E-state index in [1.165, 1.54) is 4.90 Å². The van der Waals surface area contributed by atoms with Gasteiger partial charge in [-0.3, -0.25) is 19.2 Å². The Labute approximate surface area is 236 Å². The van der Waals surface area contributed by atoms with Crippen LogP contribution in [0.25, 0.3) is 0 Å². The van der Waals surface area contributed by atoms with E-state index >= 15 is 0 Å². The number of hydrogen-bond donors (Lipinski definition) is 3. The zero-order valence-corrected chi connectivity index (χ0v) is 23.4. The molecule has 1 aliphatic carbocycles. The first-order valence-corrected chi connectivity index (χ1v) is 13.7. The fourth-order valence-corrected chi connectivity index (χ4v) is 5.78. The van der Waals surface area contributed by atoms with Gasteiger partial charge in [-0.15, -0.1) is 0 Å². The van der Waals surface area contributed by atoms with Gasteiger partial charge in [0.1, 0.15) is 12.1 Å². The summed E-state index contributed by atoms with van der Waals surface area (Å²) in [6.45, 7) is 6.28. The maximum absolute atomic E-state index is 13.3. The maximum atomic E-state index is 13.3. The van der Waals surface area contributed by atoms with Crippen LogP contribution < -0.4 is 16.4 Å². The highest BCUT2D eigenvalue weighted by Crippen LogP contribution is 2.43. The normalized spacial score (nSPS) is 24.8. The van der Waals surface area contributed by atoms with E-state index in [2.05, 4.69) is 26.4 Å². The minimum atomic E-state index is -4.78. The van der Waals surface area contributed by atoms with Crippen molar-refractivity contribution in [1.29, 1.82) is 5.26 Å². The topological polar surface area (TPSA) is 171 Å². The van der Waals surface area contributed by atoms with Crippen molar-refractivity contribution in [2.45, 2.75) is 84.0 Å². The van der Waals surface area contributed by atoms with E-state index in [1.807, 2.05) is 0 Å². The zero-order chi connectivity index (χ0) is 30.5. The molecule has 4 N–H and O–H groups in total. The number of nitrogens with one attached hydrogen (secondary N) is 2. The van der Waals surface area contributed by atoms with Crippen molar-refractivity contribution >= 4 is 23.6 Å². The number of rotatable bonds is 6. The van der Waals surface area contributed by atoms with Crippen molar-refractivity contribution in [3.8, 4) is 6.07 Å². The van der Waals surface area contributed by atoms with Gasteiger partial charge in [-0.1, -0.05) is 32.3 Å². The van der Waals surface area contributed by atoms with Gasteiger partial charge in [0.15, 0.2) is 5.69 Å². The summed E-state index contributed by atoms with van der Waals surface area (Å²) in [6.07, 6.45) is 1.11. The number of fused-ring (bicyclic) bond motifs is 1. The van der Waals surface area contributed by atoms with Crippen LogP contribution in [0.5, 0.6) is 0 Å². The van der Waals surface area contributed by atoms with Crippen LogP contribution in [0, 0.1) is 34.5 Å². The van der Waals surface area contributed by atoms with Crippen molar-refractivity contribution in [2.75, 3.05) is 13.1 Å². The number of amides is 4. The molecule has 2 saturated heterocycles. The minimum Gasteiger partial charge on any atom is -0.368 e. The Balaban J connectivity index is 0.000000352. The van der Waals surface area contributed by atoms with Gasteiger partial charge >= 0.3 is 6.18 Å². The van der Waals surface area contributed by atoms with Crippen LogP contribution in [-0.2, 0) is 20.6 Å². The predicted octanol–water partition coefficient (Wildman–Crippen LogP) is 2.77. The number of carbonyl (C=O) groups is 4. The van der Waals surface area contributed by atoms with Crippen molar-refractivity contribution in [3.05, 3.63) is 17.5 Å². The summed E-state index contributed by atoms with van der Waals surface area (Å²) < 4.78 is 42.3. The van der Waals surface area contributed by atoms with E-state index in [-0.39, 0.29) is 23.7 Å². The minimum absolute atomic E-state index is 0.00680. The lowest BCUT2D eigenvalue weighted by Crippen LogP contribution is -2.58. The number of halogens is 3. The number of nitrogens with two attached hydrogens (primary N) is 1. The summed E-state index contributed by atoms with van der Waals surface area (Å²) in [4.78, 5) is 50.4. The van der Waals surface area contributed by atoms with Crippen molar-refractivity contribution in [3.63, 3.8) is 0 Å². The van der Waals surface area contributed by atoms with Gasteiger partial charge in [0, 0.05) is 31.5 Å². The van der Waals surface area contributed by atoms with Gasteiger partial charge in [0.2, 0.25) is 23.5 Å². The Hall–Kier alpha value is -3.63. The summed E-state index contributed by atoms with van der Waals surface area (Å²) >= 11 is 0. The Kier molecular flexibility index (Phi) is 10.0. The second-order valence-corrected chi connectivity index (χ2v) is 11.9. The standard InChI is InChI=1S/C19H25F3N4O4.C8H12N2O/c1-18(2,3)14(24-16(28)11-7-12(30-25-11)19(20,21)22)17(29)26-8-9-5-4-6-10(9)13(26)15(23)27;9-5-1-3-7-4-2-6-10-8(7)11/h7,9-10,13-14H,4-6,8H2,1-3H3,(H2,23,27)(H,24,28);7H,1-4,6H2,(H,10,11). The lowest BCUT2D eigenvalue weighted by Gasteiger charge is -2.35.